The molecule has 2 aromatic heterocycles. The molecule has 0 saturated carbocycles. The molecule has 0 fully saturated rings. The van der Waals surface area contributed by atoms with E-state index in [9.17, 15) is 9.59 Å². The second-order valence-electron chi connectivity index (χ2n) is 5.70. The first-order valence-corrected chi connectivity index (χ1v) is 10.0. The Kier molecular flexibility index (Phi) is 5.38. The van der Waals surface area contributed by atoms with Crippen LogP contribution in [0.3, 0.4) is 0 Å². The maximum absolute atomic E-state index is 12.3. The number of hydrogen-bond acceptors (Lipinski definition) is 5. The summed E-state index contributed by atoms with van der Waals surface area (Å²) in [6, 6.07) is 0. The summed E-state index contributed by atoms with van der Waals surface area (Å²) in [6.07, 6.45) is 4.68. The van der Waals surface area contributed by atoms with Crippen LogP contribution in [0.2, 0.25) is 0 Å². The Balaban J connectivity index is 1.59. The highest BCUT2D eigenvalue weighted by atomic mass is 32.2. The topological polar surface area (TPSA) is 74.8 Å². The van der Waals surface area contributed by atoms with Gasteiger partial charge in [0.05, 0.1) is 11.1 Å². The first-order valence-electron chi connectivity index (χ1n) is 8.07. The van der Waals surface area contributed by atoms with Crippen molar-refractivity contribution in [3.8, 4) is 0 Å². The molecule has 1 aliphatic carbocycles. The number of aromatic amines is 1. The second kappa shape index (κ2) is 7.49. The van der Waals surface area contributed by atoms with Crippen LogP contribution in [0.4, 0.5) is 0 Å². The lowest BCUT2D eigenvalue weighted by Crippen LogP contribution is -2.24. The summed E-state index contributed by atoms with van der Waals surface area (Å²) < 4.78 is 0. The number of nitrogens with one attached hydrogen (secondary N) is 2. The van der Waals surface area contributed by atoms with E-state index >= 15 is 0 Å². The number of rotatable bonds is 7. The summed E-state index contributed by atoms with van der Waals surface area (Å²) in [6.45, 7) is 2.77. The monoisotopic (exact) mass is 351 g/mol. The average Bonchev–Trinajstić information content (AvgIpc) is 3.09. The van der Waals surface area contributed by atoms with Gasteiger partial charge in [-0.3, -0.25) is 9.59 Å². The lowest BCUT2D eigenvalue weighted by molar-refractivity contribution is -0.120. The highest BCUT2D eigenvalue weighted by Gasteiger charge is 2.20. The highest BCUT2D eigenvalue weighted by molar-refractivity contribution is 7.98. The summed E-state index contributed by atoms with van der Waals surface area (Å²) in [5, 5.41) is 3.66. The maximum Gasteiger partial charge on any atom is 0.259 e. The van der Waals surface area contributed by atoms with Crippen molar-refractivity contribution in [3.63, 3.8) is 0 Å². The lowest BCUT2D eigenvalue weighted by atomic mass is 10.2. The molecule has 0 atom stereocenters. The van der Waals surface area contributed by atoms with Gasteiger partial charge in [0.1, 0.15) is 10.7 Å². The van der Waals surface area contributed by atoms with Gasteiger partial charge in [-0.25, -0.2) is 4.98 Å². The van der Waals surface area contributed by atoms with E-state index in [1.54, 1.807) is 23.1 Å². The van der Waals surface area contributed by atoms with Crippen LogP contribution < -0.4 is 10.9 Å². The normalized spacial score (nSPS) is 13.4. The number of H-pyrrole nitrogens is 1. The van der Waals surface area contributed by atoms with Gasteiger partial charge in [0, 0.05) is 23.6 Å². The van der Waals surface area contributed by atoms with E-state index in [-0.39, 0.29) is 11.5 Å². The Morgan fingerprint density at radius 3 is 3.13 bits per heavy atom. The van der Waals surface area contributed by atoms with Crippen LogP contribution in [0.5, 0.6) is 0 Å². The molecule has 0 radical (unpaired) electrons. The molecule has 0 aliphatic heterocycles. The number of amides is 1. The van der Waals surface area contributed by atoms with E-state index in [0.717, 1.165) is 48.2 Å². The average molecular weight is 351 g/mol. The van der Waals surface area contributed by atoms with Gasteiger partial charge < -0.3 is 10.3 Å². The molecule has 0 aromatic carbocycles. The number of aryl methyl sites for hydroxylation is 2. The van der Waals surface area contributed by atoms with Crippen LogP contribution in [0.1, 0.15) is 42.5 Å². The third kappa shape index (κ3) is 3.77. The number of carbonyl (C=O) groups is 1. The van der Waals surface area contributed by atoms with Gasteiger partial charge in [0.25, 0.3) is 5.56 Å². The van der Waals surface area contributed by atoms with Crippen molar-refractivity contribution in [2.45, 2.75) is 44.8 Å². The first kappa shape index (κ1) is 16.5. The number of thioether (sulfide) groups is 1. The smallest absolute Gasteiger partial charge is 0.259 e. The quantitative estimate of drug-likeness (QED) is 0.752. The van der Waals surface area contributed by atoms with Crippen LogP contribution >= 0.6 is 23.1 Å². The summed E-state index contributed by atoms with van der Waals surface area (Å²) >= 11 is 3.29. The molecular formula is C16H21N3O2S2. The molecule has 7 heteroatoms. The van der Waals surface area contributed by atoms with E-state index in [1.807, 2.05) is 6.92 Å². The molecule has 0 unspecified atom stereocenters. The largest absolute Gasteiger partial charge is 0.356 e. The Hall–Kier alpha value is -1.34. The van der Waals surface area contributed by atoms with Crippen molar-refractivity contribution in [2.24, 2.45) is 0 Å². The van der Waals surface area contributed by atoms with Gasteiger partial charge in [-0.05, 0) is 31.2 Å². The fraction of sp³-hybridized carbons (Fsp3) is 0.562. The molecule has 0 saturated heterocycles. The Morgan fingerprint density at radius 1 is 1.43 bits per heavy atom. The standard InChI is InChI=1S/C16H21N3O2S2/c1-2-7-17-13(20)6-8-22-9-12-18-15(21)14-10-4-3-5-11(10)23-16(14)19-12/h2-9H2,1H3,(H,17,20)(H,18,19,21). The molecule has 2 aromatic rings. The number of fused-ring (bicyclic) bond motifs is 3. The third-order valence-corrected chi connectivity index (χ3v) is 6.06. The molecule has 3 rings (SSSR count). The van der Waals surface area contributed by atoms with Gasteiger partial charge in [0.15, 0.2) is 0 Å². The van der Waals surface area contributed by atoms with Crippen LogP contribution in [0.15, 0.2) is 4.79 Å². The molecule has 1 aliphatic rings. The molecule has 0 spiro atoms. The third-order valence-electron chi connectivity index (χ3n) is 3.91. The number of aromatic nitrogens is 2. The predicted octanol–water partition coefficient (Wildman–Crippen LogP) is 2.62. The minimum atomic E-state index is -0.00862. The first-order chi connectivity index (χ1) is 11.2. The minimum absolute atomic E-state index is 0.00862. The molecule has 1 amide bonds. The van der Waals surface area contributed by atoms with Crippen molar-refractivity contribution < 1.29 is 4.79 Å². The van der Waals surface area contributed by atoms with Gasteiger partial charge in [-0.15, -0.1) is 11.3 Å². The minimum Gasteiger partial charge on any atom is -0.356 e. The predicted molar refractivity (Wildman–Crippen MR) is 96.3 cm³/mol. The molecule has 124 valence electrons. The maximum atomic E-state index is 12.3. The summed E-state index contributed by atoms with van der Waals surface area (Å²) in [4.78, 5) is 33.6. The Bertz CT molecular complexity index is 767. The van der Waals surface area contributed by atoms with Crippen LogP contribution in [0.25, 0.3) is 10.2 Å². The summed E-state index contributed by atoms with van der Waals surface area (Å²) in [5.41, 5.74) is 1.20. The van der Waals surface area contributed by atoms with Crippen molar-refractivity contribution in [3.05, 3.63) is 26.6 Å². The molecule has 23 heavy (non-hydrogen) atoms. The van der Waals surface area contributed by atoms with E-state index < -0.39 is 0 Å². The van der Waals surface area contributed by atoms with Crippen LogP contribution in [0, 0.1) is 0 Å². The zero-order chi connectivity index (χ0) is 16.2. The SMILES string of the molecule is CCCNC(=O)CCSCc1nc2sc3c(c2c(=O)[nH]1)CCC3. The van der Waals surface area contributed by atoms with Crippen molar-refractivity contribution in [2.75, 3.05) is 12.3 Å². The molecule has 2 heterocycles. The number of nitrogens with zero attached hydrogens (tertiary/aromatic N) is 1. The molecule has 2 N–H and O–H groups in total. The highest BCUT2D eigenvalue weighted by Crippen LogP contribution is 2.34. The van der Waals surface area contributed by atoms with Crippen molar-refractivity contribution in [1.82, 2.24) is 15.3 Å². The van der Waals surface area contributed by atoms with E-state index in [4.69, 9.17) is 0 Å². The summed E-state index contributed by atoms with van der Waals surface area (Å²) in [5.74, 6) is 2.17. The van der Waals surface area contributed by atoms with Crippen LogP contribution in [-0.2, 0) is 23.4 Å². The van der Waals surface area contributed by atoms with E-state index in [2.05, 4.69) is 15.3 Å². The van der Waals surface area contributed by atoms with Crippen molar-refractivity contribution in [1.29, 1.82) is 0 Å². The van der Waals surface area contributed by atoms with Crippen molar-refractivity contribution >= 4 is 39.2 Å². The number of carbonyl (C=O) groups excluding carboxylic acids is 1. The fourth-order valence-electron chi connectivity index (χ4n) is 2.80. The second-order valence-corrected chi connectivity index (χ2v) is 7.89. The Morgan fingerprint density at radius 2 is 2.30 bits per heavy atom. The Labute approximate surface area is 143 Å². The number of thiophene rings is 1. The lowest BCUT2D eigenvalue weighted by Gasteiger charge is -2.04. The number of hydrogen-bond donors (Lipinski definition) is 2. The van der Waals surface area contributed by atoms with Gasteiger partial charge in [-0.2, -0.15) is 11.8 Å². The molecule has 5 nitrogen and oxygen atoms in total. The zero-order valence-corrected chi connectivity index (χ0v) is 14.9. The molecule has 0 bridgehead atoms. The molecular weight excluding hydrogens is 330 g/mol. The van der Waals surface area contributed by atoms with Crippen LogP contribution in [-0.4, -0.2) is 28.2 Å². The summed E-state index contributed by atoms with van der Waals surface area (Å²) in [7, 11) is 0. The fourth-order valence-corrected chi connectivity index (χ4v) is 4.89. The van der Waals surface area contributed by atoms with Gasteiger partial charge in [0.2, 0.25) is 5.91 Å². The van der Waals surface area contributed by atoms with E-state index in [1.165, 1.54) is 10.4 Å². The van der Waals surface area contributed by atoms with Gasteiger partial charge >= 0.3 is 0 Å². The zero-order valence-electron chi connectivity index (χ0n) is 13.2. The van der Waals surface area contributed by atoms with Gasteiger partial charge in [-0.1, -0.05) is 6.92 Å². The van der Waals surface area contributed by atoms with E-state index in [0.29, 0.717) is 18.0 Å².